The van der Waals surface area contributed by atoms with Crippen LogP contribution in [0.25, 0.3) is 32.2 Å². The van der Waals surface area contributed by atoms with Crippen molar-refractivity contribution < 1.29 is 26.7 Å². The first-order chi connectivity index (χ1) is 20.1. The van der Waals surface area contributed by atoms with Crippen LogP contribution in [-0.2, 0) is 6.18 Å². The van der Waals surface area contributed by atoms with E-state index in [0.29, 0.717) is 32.8 Å². The predicted octanol–water partition coefficient (Wildman–Crippen LogP) is 5.20. The van der Waals surface area contributed by atoms with Crippen LogP contribution >= 0.6 is 11.3 Å². The number of anilines is 2. The number of alkyl halides is 3. The van der Waals surface area contributed by atoms with E-state index in [1.54, 1.807) is 0 Å². The molecule has 14 heteroatoms. The fraction of sp³-hybridized carbons (Fsp3) is 0.464. The van der Waals surface area contributed by atoms with Crippen LogP contribution in [0, 0.1) is 11.6 Å². The lowest BCUT2D eigenvalue weighted by molar-refractivity contribution is -0.137. The summed E-state index contributed by atoms with van der Waals surface area (Å²) >= 11 is 0.785. The van der Waals surface area contributed by atoms with Gasteiger partial charge in [-0.1, -0.05) is 11.3 Å². The molecule has 0 bridgehead atoms. The maximum absolute atomic E-state index is 16.6. The third kappa shape index (κ3) is 4.51. The van der Waals surface area contributed by atoms with Crippen LogP contribution in [0.15, 0.2) is 18.2 Å². The van der Waals surface area contributed by atoms with Crippen molar-refractivity contribution in [2.75, 3.05) is 56.5 Å². The minimum atomic E-state index is -4.95. The zero-order valence-electron chi connectivity index (χ0n) is 22.5. The Balaban J connectivity index is 1.43. The third-order valence-corrected chi connectivity index (χ3v) is 9.57. The van der Waals surface area contributed by atoms with E-state index in [4.69, 9.17) is 10.5 Å². The highest BCUT2D eigenvalue weighted by Crippen LogP contribution is 2.46. The first-order valence-corrected chi connectivity index (χ1v) is 14.8. The molecule has 3 N–H and O–H groups in total. The lowest BCUT2D eigenvalue weighted by Crippen LogP contribution is -2.44. The van der Waals surface area contributed by atoms with Crippen molar-refractivity contribution in [3.05, 3.63) is 35.4 Å². The predicted molar refractivity (Wildman–Crippen MR) is 151 cm³/mol. The summed E-state index contributed by atoms with van der Waals surface area (Å²) in [4.78, 5) is 17.2. The number of fused-ring (bicyclic) bond motifs is 3. The average molecular weight is 606 g/mol. The zero-order chi connectivity index (χ0) is 29.2. The molecule has 3 saturated heterocycles. The summed E-state index contributed by atoms with van der Waals surface area (Å²) in [5.41, 5.74) is 2.98. The highest BCUT2D eigenvalue weighted by Gasteiger charge is 2.45. The molecular weight excluding hydrogens is 577 g/mol. The number of nitrogens with zero attached hydrogens (tertiary/aromatic N) is 5. The molecule has 42 heavy (non-hydrogen) atoms. The molecule has 2 aromatic heterocycles. The number of halogens is 5. The third-order valence-electron chi connectivity index (χ3n) is 8.67. The van der Waals surface area contributed by atoms with E-state index in [1.807, 2.05) is 4.90 Å². The van der Waals surface area contributed by atoms with Gasteiger partial charge in [0.05, 0.1) is 21.3 Å². The van der Waals surface area contributed by atoms with Gasteiger partial charge in [0.25, 0.3) is 0 Å². The molecule has 0 amide bonds. The Kier molecular flexibility index (Phi) is 6.62. The normalized spacial score (nSPS) is 19.2. The van der Waals surface area contributed by atoms with Gasteiger partial charge in [0.15, 0.2) is 10.9 Å². The number of benzene rings is 2. The summed E-state index contributed by atoms with van der Waals surface area (Å²) in [5, 5.41) is 3.09. The van der Waals surface area contributed by atoms with E-state index in [-0.39, 0.29) is 49.2 Å². The molecule has 0 aliphatic carbocycles. The van der Waals surface area contributed by atoms with Crippen molar-refractivity contribution in [1.29, 1.82) is 0 Å². The maximum Gasteiger partial charge on any atom is 0.417 e. The Morgan fingerprint density at radius 2 is 1.74 bits per heavy atom. The number of hydrogen-bond acceptors (Lipinski definition) is 9. The van der Waals surface area contributed by atoms with E-state index >= 15 is 4.39 Å². The van der Waals surface area contributed by atoms with E-state index in [9.17, 15) is 17.6 Å². The van der Waals surface area contributed by atoms with Crippen molar-refractivity contribution >= 4 is 43.4 Å². The van der Waals surface area contributed by atoms with Crippen molar-refractivity contribution in [3.63, 3.8) is 0 Å². The minimum Gasteiger partial charge on any atom is -0.461 e. The Labute approximate surface area is 241 Å². The van der Waals surface area contributed by atoms with E-state index in [0.717, 1.165) is 68.3 Å². The summed E-state index contributed by atoms with van der Waals surface area (Å²) in [7, 11) is 0. The van der Waals surface area contributed by atoms with Crippen LogP contribution in [-0.4, -0.2) is 71.3 Å². The topological polar surface area (TPSA) is 92.4 Å². The Morgan fingerprint density at radius 1 is 1.00 bits per heavy atom. The van der Waals surface area contributed by atoms with Crippen LogP contribution in [0.1, 0.15) is 31.2 Å². The molecule has 3 fully saturated rings. The lowest BCUT2D eigenvalue weighted by atomic mass is 9.95. The Morgan fingerprint density at radius 3 is 2.45 bits per heavy atom. The molecule has 0 unspecified atom stereocenters. The second-order valence-electron chi connectivity index (χ2n) is 11.1. The first-order valence-electron chi connectivity index (χ1n) is 13.9. The number of nitrogens with one attached hydrogen (secondary N) is 1. The summed E-state index contributed by atoms with van der Waals surface area (Å²) in [6, 6.07) is 2.89. The number of aromatic nitrogens is 3. The molecule has 3 aliphatic heterocycles. The summed E-state index contributed by atoms with van der Waals surface area (Å²) in [6.45, 7) is 4.38. The highest BCUT2D eigenvalue weighted by atomic mass is 32.1. The van der Waals surface area contributed by atoms with Crippen LogP contribution in [0.5, 0.6) is 6.01 Å². The minimum absolute atomic E-state index is 0.0441. The molecule has 2 aromatic carbocycles. The Bertz CT molecular complexity index is 1680. The molecule has 8 nitrogen and oxygen atoms in total. The average Bonchev–Trinajstić information content (AvgIpc) is 3.66. The lowest BCUT2D eigenvalue weighted by Gasteiger charge is -2.32. The quantitative estimate of drug-likeness (QED) is 0.300. The number of nitrogens with two attached hydrogens (primary N) is 1. The number of ether oxygens (including phenoxy) is 1. The SMILES string of the molecule is Nc1nc2c(-c3c(C(F)(F)F)cc4c(N5CCNCC5)nc(OCC56CCCN5CCC6)nc4c3F)ccc(F)c2s1. The maximum atomic E-state index is 16.6. The van der Waals surface area contributed by atoms with Crippen molar-refractivity contribution in [1.82, 2.24) is 25.2 Å². The van der Waals surface area contributed by atoms with E-state index < -0.39 is 28.9 Å². The molecule has 0 saturated carbocycles. The molecule has 4 aromatic rings. The largest absolute Gasteiger partial charge is 0.461 e. The van der Waals surface area contributed by atoms with Gasteiger partial charge in [-0.3, -0.25) is 4.90 Å². The molecule has 0 radical (unpaired) electrons. The van der Waals surface area contributed by atoms with Gasteiger partial charge in [-0.05, 0) is 57.0 Å². The Hall–Kier alpha value is -3.36. The van der Waals surface area contributed by atoms with Crippen LogP contribution in [0.4, 0.5) is 32.9 Å². The van der Waals surface area contributed by atoms with E-state index in [1.165, 1.54) is 0 Å². The number of nitrogen functional groups attached to an aromatic ring is 1. The first kappa shape index (κ1) is 27.5. The smallest absolute Gasteiger partial charge is 0.417 e. The zero-order valence-corrected chi connectivity index (χ0v) is 23.3. The van der Waals surface area contributed by atoms with E-state index in [2.05, 4.69) is 25.2 Å². The molecular formula is C28H28F5N7OS. The fourth-order valence-electron chi connectivity index (χ4n) is 6.71. The second-order valence-corrected chi connectivity index (χ2v) is 12.1. The summed E-state index contributed by atoms with van der Waals surface area (Å²) in [5.74, 6) is -1.73. The molecule has 5 heterocycles. The number of rotatable bonds is 5. The van der Waals surface area contributed by atoms with Crippen molar-refractivity contribution in [2.45, 2.75) is 37.4 Å². The van der Waals surface area contributed by atoms with Crippen LogP contribution in [0.2, 0.25) is 0 Å². The molecule has 0 spiro atoms. The van der Waals surface area contributed by atoms with Gasteiger partial charge in [-0.25, -0.2) is 13.8 Å². The van der Waals surface area contributed by atoms with Gasteiger partial charge in [0.2, 0.25) is 0 Å². The molecule has 3 aliphatic rings. The highest BCUT2D eigenvalue weighted by molar-refractivity contribution is 7.22. The van der Waals surface area contributed by atoms with Gasteiger partial charge in [-0.15, -0.1) is 0 Å². The van der Waals surface area contributed by atoms with Crippen molar-refractivity contribution in [3.8, 4) is 17.1 Å². The summed E-state index contributed by atoms with van der Waals surface area (Å²) in [6.07, 6.45) is -0.902. The second kappa shape index (κ2) is 10.1. The number of hydrogen-bond donors (Lipinski definition) is 2. The number of thiazole rings is 1. The monoisotopic (exact) mass is 605 g/mol. The molecule has 0 atom stereocenters. The number of piperazine rings is 1. The van der Waals surface area contributed by atoms with Crippen LogP contribution in [0.3, 0.4) is 0 Å². The van der Waals surface area contributed by atoms with Crippen molar-refractivity contribution in [2.24, 2.45) is 0 Å². The molecule has 7 rings (SSSR count). The summed E-state index contributed by atoms with van der Waals surface area (Å²) < 4.78 is 81.1. The van der Waals surface area contributed by atoms with Gasteiger partial charge >= 0.3 is 12.2 Å². The fourth-order valence-corrected chi connectivity index (χ4v) is 7.48. The van der Waals surface area contributed by atoms with Gasteiger partial charge < -0.3 is 20.7 Å². The molecule has 222 valence electrons. The van der Waals surface area contributed by atoms with Gasteiger partial charge in [0, 0.05) is 42.7 Å². The van der Waals surface area contributed by atoms with Gasteiger partial charge in [0.1, 0.15) is 23.8 Å². The van der Waals surface area contributed by atoms with Crippen LogP contribution < -0.4 is 20.7 Å². The van der Waals surface area contributed by atoms with Gasteiger partial charge in [-0.2, -0.15) is 23.1 Å². The standard InChI is InChI=1S/C28H28F5N7OS/c29-18-4-3-15(22-23(18)42-25(34)36-22)19-17(28(31,32)33)13-16-21(20(19)30)37-26(38-24(16)39-11-7-35-8-12-39)41-14-27-5-1-9-40(27)10-2-6-27/h3-4,13,35H,1-2,5-12,14H2,(H2,34,36).